The van der Waals surface area contributed by atoms with Gasteiger partial charge in [0.05, 0.1) is 4.90 Å². The molecule has 0 bridgehead atoms. The van der Waals surface area contributed by atoms with Gasteiger partial charge in [0.25, 0.3) is 10.0 Å². The molecule has 2 amide bonds. The predicted molar refractivity (Wildman–Crippen MR) is 88.6 cm³/mol. The van der Waals surface area contributed by atoms with E-state index in [1.165, 1.54) is 30.3 Å². The summed E-state index contributed by atoms with van der Waals surface area (Å²) >= 11 is 0. The van der Waals surface area contributed by atoms with Crippen molar-refractivity contribution in [2.45, 2.75) is 11.3 Å². The van der Waals surface area contributed by atoms with E-state index in [4.69, 9.17) is 0 Å². The molecule has 0 aliphatic carbocycles. The number of carbonyl (C=O) groups is 2. The maximum atomic E-state index is 13.4. The Morgan fingerprint density at radius 1 is 1.08 bits per heavy atom. The number of nitrogens with one attached hydrogen (secondary N) is 1. The van der Waals surface area contributed by atoms with Crippen molar-refractivity contribution in [2.75, 3.05) is 11.4 Å². The van der Waals surface area contributed by atoms with Gasteiger partial charge in [-0.3, -0.25) is 9.59 Å². The Labute approximate surface area is 148 Å². The van der Waals surface area contributed by atoms with Gasteiger partial charge in [0.2, 0.25) is 11.8 Å². The van der Waals surface area contributed by atoms with Gasteiger partial charge in [-0.05, 0) is 30.7 Å². The predicted octanol–water partition coefficient (Wildman–Crippen LogP) is 1.82. The molecule has 9 heteroatoms. The zero-order chi connectivity index (χ0) is 18.9. The SMILES string of the molecule is O=C(NS(=O)(=O)c1ccccc1)C1CCN(c2ccc(F)c(F)c2)C1=O. The molecule has 6 nitrogen and oxygen atoms in total. The van der Waals surface area contributed by atoms with E-state index in [0.717, 1.165) is 17.0 Å². The first-order chi connectivity index (χ1) is 12.3. The van der Waals surface area contributed by atoms with Crippen molar-refractivity contribution in [2.24, 2.45) is 5.92 Å². The van der Waals surface area contributed by atoms with Crippen LogP contribution in [0.25, 0.3) is 0 Å². The summed E-state index contributed by atoms with van der Waals surface area (Å²) in [7, 11) is -4.09. The van der Waals surface area contributed by atoms with Crippen LogP contribution in [0, 0.1) is 17.6 Å². The van der Waals surface area contributed by atoms with E-state index in [9.17, 15) is 26.8 Å². The van der Waals surface area contributed by atoms with Crippen molar-refractivity contribution in [3.63, 3.8) is 0 Å². The van der Waals surface area contributed by atoms with Crippen molar-refractivity contribution in [1.29, 1.82) is 0 Å². The molecular formula is C17H14F2N2O4S. The smallest absolute Gasteiger partial charge is 0.264 e. The lowest BCUT2D eigenvalue weighted by Gasteiger charge is -2.17. The summed E-state index contributed by atoms with van der Waals surface area (Å²) < 4.78 is 52.7. The minimum absolute atomic E-state index is 0.0635. The second kappa shape index (κ2) is 6.83. The molecule has 0 spiro atoms. The quantitative estimate of drug-likeness (QED) is 0.821. The molecule has 0 saturated carbocycles. The van der Waals surface area contributed by atoms with Crippen LogP contribution in [0.3, 0.4) is 0 Å². The highest BCUT2D eigenvalue weighted by Crippen LogP contribution is 2.27. The molecule has 2 aromatic carbocycles. The van der Waals surface area contributed by atoms with Gasteiger partial charge in [0.1, 0.15) is 5.92 Å². The minimum atomic E-state index is -4.09. The largest absolute Gasteiger partial charge is 0.312 e. The highest BCUT2D eigenvalue weighted by molar-refractivity contribution is 7.90. The molecule has 2 aromatic rings. The van der Waals surface area contributed by atoms with E-state index >= 15 is 0 Å². The van der Waals surface area contributed by atoms with Crippen molar-refractivity contribution in [3.05, 3.63) is 60.2 Å². The van der Waals surface area contributed by atoms with Crippen LogP contribution in [-0.2, 0) is 19.6 Å². The van der Waals surface area contributed by atoms with Gasteiger partial charge in [-0.15, -0.1) is 0 Å². The first-order valence-corrected chi connectivity index (χ1v) is 9.16. The van der Waals surface area contributed by atoms with Crippen LogP contribution in [-0.4, -0.2) is 26.8 Å². The van der Waals surface area contributed by atoms with Crippen LogP contribution >= 0.6 is 0 Å². The maximum Gasteiger partial charge on any atom is 0.264 e. The van der Waals surface area contributed by atoms with Gasteiger partial charge in [0, 0.05) is 18.3 Å². The number of anilines is 1. The van der Waals surface area contributed by atoms with Gasteiger partial charge >= 0.3 is 0 Å². The Bertz CT molecular complexity index is 964. The molecule has 1 heterocycles. The zero-order valence-corrected chi connectivity index (χ0v) is 14.2. The second-order valence-electron chi connectivity index (χ2n) is 5.71. The standard InChI is InChI=1S/C17H14F2N2O4S/c18-14-7-6-11(10-15(14)19)21-9-8-13(17(21)23)16(22)20-26(24,25)12-4-2-1-3-5-12/h1-7,10,13H,8-9H2,(H,20,22). The van der Waals surface area contributed by atoms with E-state index in [1.54, 1.807) is 6.07 Å². The summed E-state index contributed by atoms with van der Waals surface area (Å²) in [4.78, 5) is 25.7. The lowest BCUT2D eigenvalue weighted by atomic mass is 10.1. The van der Waals surface area contributed by atoms with E-state index in [2.05, 4.69) is 0 Å². The van der Waals surface area contributed by atoms with Gasteiger partial charge < -0.3 is 4.90 Å². The van der Waals surface area contributed by atoms with Gasteiger partial charge in [-0.25, -0.2) is 21.9 Å². The zero-order valence-electron chi connectivity index (χ0n) is 13.4. The molecule has 136 valence electrons. The number of halogens is 2. The fourth-order valence-corrected chi connectivity index (χ4v) is 3.74. The number of carbonyl (C=O) groups excluding carboxylic acids is 2. The maximum absolute atomic E-state index is 13.4. The highest BCUT2D eigenvalue weighted by atomic mass is 32.2. The lowest BCUT2D eigenvalue weighted by molar-refractivity contribution is -0.130. The third-order valence-electron chi connectivity index (χ3n) is 4.03. The summed E-state index contributed by atoms with van der Waals surface area (Å²) in [6, 6.07) is 10.2. The van der Waals surface area contributed by atoms with Crippen LogP contribution in [0.1, 0.15) is 6.42 Å². The second-order valence-corrected chi connectivity index (χ2v) is 7.39. The Morgan fingerprint density at radius 2 is 1.77 bits per heavy atom. The molecule has 1 aliphatic rings. The first kappa shape index (κ1) is 18.0. The Hall–Kier alpha value is -2.81. The monoisotopic (exact) mass is 380 g/mol. The number of hydrogen-bond donors (Lipinski definition) is 1. The van der Waals surface area contributed by atoms with E-state index in [0.29, 0.717) is 0 Å². The third-order valence-corrected chi connectivity index (χ3v) is 5.39. The molecular weight excluding hydrogens is 366 g/mol. The average Bonchev–Trinajstić information content (AvgIpc) is 2.99. The Morgan fingerprint density at radius 3 is 2.42 bits per heavy atom. The summed E-state index contributed by atoms with van der Waals surface area (Å²) in [6.45, 7) is 0.0907. The highest BCUT2D eigenvalue weighted by Gasteiger charge is 2.39. The molecule has 1 fully saturated rings. The van der Waals surface area contributed by atoms with Gasteiger partial charge in [0.15, 0.2) is 11.6 Å². The number of rotatable bonds is 4. The van der Waals surface area contributed by atoms with Crippen LogP contribution in [0.2, 0.25) is 0 Å². The van der Waals surface area contributed by atoms with E-state index < -0.39 is 39.4 Å². The molecule has 1 N–H and O–H groups in total. The number of nitrogens with zero attached hydrogens (tertiary/aromatic N) is 1. The van der Waals surface area contributed by atoms with Crippen LogP contribution < -0.4 is 9.62 Å². The molecule has 26 heavy (non-hydrogen) atoms. The molecule has 0 radical (unpaired) electrons. The molecule has 1 saturated heterocycles. The lowest BCUT2D eigenvalue weighted by Crippen LogP contribution is -2.39. The summed E-state index contributed by atoms with van der Waals surface area (Å²) in [6.07, 6.45) is 0.0635. The van der Waals surface area contributed by atoms with Crippen LogP contribution in [0.15, 0.2) is 53.4 Å². The van der Waals surface area contributed by atoms with Crippen molar-refractivity contribution < 1.29 is 26.8 Å². The van der Waals surface area contributed by atoms with E-state index in [1.807, 2.05) is 4.72 Å². The van der Waals surface area contributed by atoms with Gasteiger partial charge in [-0.2, -0.15) is 0 Å². The van der Waals surface area contributed by atoms with E-state index in [-0.39, 0.29) is 23.5 Å². The molecule has 1 unspecified atom stereocenters. The molecule has 0 aromatic heterocycles. The summed E-state index contributed by atoms with van der Waals surface area (Å²) in [5, 5.41) is 0. The Kier molecular flexibility index (Phi) is 4.73. The molecule has 1 atom stereocenters. The fraction of sp³-hybridized carbons (Fsp3) is 0.176. The first-order valence-electron chi connectivity index (χ1n) is 7.68. The van der Waals surface area contributed by atoms with Crippen molar-refractivity contribution >= 4 is 27.5 Å². The average molecular weight is 380 g/mol. The number of hydrogen-bond acceptors (Lipinski definition) is 4. The summed E-state index contributed by atoms with van der Waals surface area (Å²) in [5.74, 6) is -5.01. The number of amides is 2. The molecule has 1 aliphatic heterocycles. The minimum Gasteiger partial charge on any atom is -0.312 e. The normalized spacial score (nSPS) is 17.4. The number of sulfonamides is 1. The summed E-state index contributed by atoms with van der Waals surface area (Å²) in [5.41, 5.74) is 0.107. The van der Waals surface area contributed by atoms with Crippen LogP contribution in [0.5, 0.6) is 0 Å². The topological polar surface area (TPSA) is 83.6 Å². The molecule has 3 rings (SSSR count). The van der Waals surface area contributed by atoms with Crippen LogP contribution in [0.4, 0.5) is 14.5 Å². The van der Waals surface area contributed by atoms with Gasteiger partial charge in [-0.1, -0.05) is 18.2 Å². The Balaban J connectivity index is 1.75. The third kappa shape index (κ3) is 3.43. The fourth-order valence-electron chi connectivity index (χ4n) is 2.69. The number of benzene rings is 2. The van der Waals surface area contributed by atoms with Crippen molar-refractivity contribution in [1.82, 2.24) is 4.72 Å². The van der Waals surface area contributed by atoms with Crippen molar-refractivity contribution in [3.8, 4) is 0 Å².